The predicted molar refractivity (Wildman–Crippen MR) is 97.0 cm³/mol. The first kappa shape index (κ1) is 18.0. The Balaban J connectivity index is 1.99. The molecule has 0 bridgehead atoms. The molecule has 0 N–H and O–H groups in total. The average molecular weight is 360 g/mol. The predicted octanol–water partition coefficient (Wildman–Crippen LogP) is 3.90. The second-order valence-electron chi connectivity index (χ2n) is 7.49. The van der Waals surface area contributed by atoms with Gasteiger partial charge in [0.2, 0.25) is 9.84 Å². The number of ether oxygens (including phenoxy) is 2. The van der Waals surface area contributed by atoms with E-state index in [0.717, 1.165) is 17.7 Å². The Hall–Kier alpha value is -1.85. The van der Waals surface area contributed by atoms with E-state index in [2.05, 4.69) is 0 Å². The molecule has 0 amide bonds. The highest BCUT2D eigenvalue weighted by Crippen LogP contribution is 2.35. The second kappa shape index (κ2) is 6.46. The maximum Gasteiger partial charge on any atom is 0.206 e. The summed E-state index contributed by atoms with van der Waals surface area (Å²) in [7, 11) is -3.55. The molecule has 1 saturated heterocycles. The van der Waals surface area contributed by atoms with E-state index < -0.39 is 9.84 Å². The summed E-state index contributed by atoms with van der Waals surface area (Å²) in [5.41, 5.74) is 1.67. The van der Waals surface area contributed by atoms with Crippen LogP contribution in [0.2, 0.25) is 0 Å². The van der Waals surface area contributed by atoms with Crippen LogP contribution in [0.25, 0.3) is 0 Å². The van der Waals surface area contributed by atoms with E-state index >= 15 is 0 Å². The van der Waals surface area contributed by atoms with Crippen molar-refractivity contribution in [3.8, 4) is 5.75 Å². The van der Waals surface area contributed by atoms with Gasteiger partial charge >= 0.3 is 0 Å². The summed E-state index contributed by atoms with van der Waals surface area (Å²) >= 11 is 0. The van der Waals surface area contributed by atoms with Crippen LogP contribution in [-0.2, 0) is 20.0 Å². The Morgan fingerprint density at radius 3 is 2.24 bits per heavy atom. The lowest BCUT2D eigenvalue weighted by Crippen LogP contribution is -2.16. The Morgan fingerprint density at radius 2 is 1.68 bits per heavy atom. The maximum absolute atomic E-state index is 13.0. The number of hydrogen-bond donors (Lipinski definition) is 0. The van der Waals surface area contributed by atoms with Crippen LogP contribution in [0.1, 0.15) is 31.9 Å². The highest BCUT2D eigenvalue weighted by Gasteiger charge is 2.27. The molecule has 2 aromatic rings. The third-order valence-corrected chi connectivity index (χ3v) is 6.00. The largest absolute Gasteiger partial charge is 0.490 e. The molecule has 2 aromatic carbocycles. The third kappa shape index (κ3) is 4.05. The first-order valence-corrected chi connectivity index (χ1v) is 9.87. The van der Waals surface area contributed by atoms with Crippen LogP contribution in [0.4, 0.5) is 0 Å². The van der Waals surface area contributed by atoms with Crippen LogP contribution in [-0.4, -0.2) is 27.7 Å². The smallest absolute Gasteiger partial charge is 0.206 e. The van der Waals surface area contributed by atoms with Gasteiger partial charge in [0.1, 0.15) is 18.5 Å². The summed E-state index contributed by atoms with van der Waals surface area (Å²) in [5, 5.41) is 0. The quantitative estimate of drug-likeness (QED) is 0.759. The van der Waals surface area contributed by atoms with E-state index in [4.69, 9.17) is 9.47 Å². The first-order valence-electron chi connectivity index (χ1n) is 8.38. The van der Waals surface area contributed by atoms with Crippen molar-refractivity contribution in [2.24, 2.45) is 0 Å². The van der Waals surface area contributed by atoms with Gasteiger partial charge in [0, 0.05) is 5.56 Å². The van der Waals surface area contributed by atoms with Gasteiger partial charge in [0.15, 0.2) is 0 Å². The van der Waals surface area contributed by atoms with Crippen molar-refractivity contribution in [2.45, 2.75) is 49.0 Å². The fourth-order valence-electron chi connectivity index (χ4n) is 2.59. The normalized spacial score (nSPS) is 17.4. The number of hydrogen-bond acceptors (Lipinski definition) is 4. The lowest BCUT2D eigenvalue weighted by atomic mass is 9.86. The molecule has 1 aliphatic rings. The lowest BCUT2D eigenvalue weighted by molar-refractivity contribution is 0.258. The first-order chi connectivity index (χ1) is 11.7. The molecule has 1 aliphatic heterocycles. The minimum atomic E-state index is -3.55. The highest BCUT2D eigenvalue weighted by molar-refractivity contribution is 7.91. The molecule has 1 unspecified atom stereocenters. The molecule has 25 heavy (non-hydrogen) atoms. The van der Waals surface area contributed by atoms with E-state index in [9.17, 15) is 8.42 Å². The number of aryl methyl sites for hydroxylation is 1. The molecule has 1 atom stereocenters. The molecule has 3 rings (SSSR count). The summed E-state index contributed by atoms with van der Waals surface area (Å²) in [4.78, 5) is 0.592. The van der Waals surface area contributed by atoms with Gasteiger partial charge in [-0.1, -0.05) is 38.5 Å². The molecule has 134 valence electrons. The summed E-state index contributed by atoms with van der Waals surface area (Å²) < 4.78 is 36.9. The van der Waals surface area contributed by atoms with E-state index in [1.165, 1.54) is 0 Å². The van der Waals surface area contributed by atoms with Crippen molar-refractivity contribution in [3.63, 3.8) is 0 Å². The number of rotatable bonds is 5. The minimum absolute atomic E-state index is 0.156. The summed E-state index contributed by atoms with van der Waals surface area (Å²) in [6, 6.07) is 12.0. The molecule has 1 fully saturated rings. The topological polar surface area (TPSA) is 55.9 Å². The number of benzene rings is 2. The fraction of sp³-hybridized carbons (Fsp3) is 0.400. The maximum atomic E-state index is 13.0. The Labute approximate surface area is 149 Å². The second-order valence-corrected chi connectivity index (χ2v) is 9.44. The van der Waals surface area contributed by atoms with Crippen molar-refractivity contribution >= 4 is 9.84 Å². The van der Waals surface area contributed by atoms with E-state index in [0.29, 0.717) is 17.3 Å². The minimum Gasteiger partial charge on any atom is -0.490 e. The molecule has 0 aromatic heterocycles. The van der Waals surface area contributed by atoms with E-state index in [1.807, 2.05) is 39.8 Å². The van der Waals surface area contributed by atoms with Crippen molar-refractivity contribution in [3.05, 3.63) is 53.6 Å². The van der Waals surface area contributed by atoms with Gasteiger partial charge in [-0.15, -0.1) is 0 Å². The summed E-state index contributed by atoms with van der Waals surface area (Å²) in [6.07, 6.45) is 0.156. The highest BCUT2D eigenvalue weighted by atomic mass is 32.2. The zero-order valence-corrected chi connectivity index (χ0v) is 15.9. The molecule has 0 saturated carbocycles. The van der Waals surface area contributed by atoms with Crippen LogP contribution in [0, 0.1) is 6.92 Å². The van der Waals surface area contributed by atoms with Gasteiger partial charge in [-0.25, -0.2) is 8.42 Å². The lowest BCUT2D eigenvalue weighted by Gasteiger charge is -2.23. The zero-order chi connectivity index (χ0) is 18.2. The van der Waals surface area contributed by atoms with Crippen LogP contribution < -0.4 is 4.74 Å². The van der Waals surface area contributed by atoms with E-state index in [-0.39, 0.29) is 16.4 Å². The van der Waals surface area contributed by atoms with Crippen LogP contribution in [0.3, 0.4) is 0 Å². The molecular formula is C20H24O4S. The summed E-state index contributed by atoms with van der Waals surface area (Å²) in [5.74, 6) is 0.714. The molecule has 0 spiro atoms. The van der Waals surface area contributed by atoms with Crippen molar-refractivity contribution in [2.75, 3.05) is 13.2 Å². The van der Waals surface area contributed by atoms with Gasteiger partial charge in [-0.2, -0.15) is 0 Å². The Morgan fingerprint density at radius 1 is 1.08 bits per heavy atom. The zero-order valence-electron chi connectivity index (χ0n) is 15.1. The van der Waals surface area contributed by atoms with Crippen LogP contribution >= 0.6 is 0 Å². The summed E-state index contributed by atoms with van der Waals surface area (Å²) in [6.45, 7) is 9.29. The number of sulfone groups is 1. The van der Waals surface area contributed by atoms with Gasteiger partial charge in [-0.05, 0) is 42.7 Å². The molecule has 4 nitrogen and oxygen atoms in total. The molecule has 0 radical (unpaired) electrons. The standard InChI is InChI=1S/C20H24O4S/c1-14-5-7-16(8-6-14)25(21,22)17-9-10-19(24-13-15-12-23-15)18(11-17)20(2,3)4/h5-11,15H,12-13H2,1-4H3. The van der Waals surface area contributed by atoms with E-state index in [1.54, 1.807) is 30.3 Å². The van der Waals surface area contributed by atoms with Crippen molar-refractivity contribution in [1.29, 1.82) is 0 Å². The monoisotopic (exact) mass is 360 g/mol. The van der Waals surface area contributed by atoms with Crippen molar-refractivity contribution < 1.29 is 17.9 Å². The third-order valence-electron chi connectivity index (χ3n) is 4.23. The molecular weight excluding hydrogens is 336 g/mol. The molecule has 0 aliphatic carbocycles. The van der Waals surface area contributed by atoms with Gasteiger partial charge < -0.3 is 9.47 Å². The van der Waals surface area contributed by atoms with Crippen LogP contribution in [0.5, 0.6) is 5.75 Å². The Bertz CT molecular complexity index is 858. The molecule has 5 heteroatoms. The van der Waals surface area contributed by atoms with Gasteiger partial charge in [0.05, 0.1) is 16.4 Å². The number of epoxide rings is 1. The fourth-order valence-corrected chi connectivity index (χ4v) is 3.88. The van der Waals surface area contributed by atoms with Crippen LogP contribution in [0.15, 0.2) is 52.3 Å². The van der Waals surface area contributed by atoms with Crippen molar-refractivity contribution in [1.82, 2.24) is 0 Å². The average Bonchev–Trinajstić information content (AvgIpc) is 3.36. The Kier molecular flexibility index (Phi) is 4.64. The van der Waals surface area contributed by atoms with Gasteiger partial charge in [-0.3, -0.25) is 0 Å². The van der Waals surface area contributed by atoms with Gasteiger partial charge in [0.25, 0.3) is 0 Å². The molecule has 1 heterocycles. The SMILES string of the molecule is Cc1ccc(S(=O)(=O)c2ccc(OCC3CO3)c(C(C)(C)C)c2)cc1.